The molecule has 1 aromatic carbocycles. The molecule has 3 amide bonds. The van der Waals surface area contributed by atoms with Crippen molar-refractivity contribution < 1.29 is 9.59 Å². The van der Waals surface area contributed by atoms with Crippen LogP contribution in [0.3, 0.4) is 0 Å². The van der Waals surface area contributed by atoms with Gasteiger partial charge in [0, 0.05) is 17.4 Å². The van der Waals surface area contributed by atoms with E-state index >= 15 is 0 Å². The summed E-state index contributed by atoms with van der Waals surface area (Å²) in [5, 5.41) is 7.72. The first kappa shape index (κ1) is 13.8. The minimum absolute atomic E-state index is 0.0551. The number of nitrogen functional groups attached to an aromatic ring is 1. The Bertz CT molecular complexity index is 415. The maximum absolute atomic E-state index is 11.5. The number of anilines is 2. The lowest BCUT2D eigenvalue weighted by atomic mass is 10.3. The smallest absolute Gasteiger partial charge is 0.319 e. The van der Waals surface area contributed by atoms with Gasteiger partial charge >= 0.3 is 6.03 Å². The summed E-state index contributed by atoms with van der Waals surface area (Å²) in [5.41, 5.74) is 6.76. The first-order valence-electron chi connectivity index (χ1n) is 5.67. The number of nitrogens with one attached hydrogen (secondary N) is 3. The predicted octanol–water partition coefficient (Wildman–Crippen LogP) is 0.915. The Kier molecular flexibility index (Phi) is 4.98. The molecule has 0 aliphatic heterocycles. The van der Waals surface area contributed by atoms with E-state index in [1.54, 1.807) is 24.3 Å². The number of benzene rings is 1. The Morgan fingerprint density at radius 1 is 1.22 bits per heavy atom. The molecule has 0 aromatic heterocycles. The summed E-state index contributed by atoms with van der Waals surface area (Å²) in [7, 11) is 0. The lowest BCUT2D eigenvalue weighted by Gasteiger charge is -2.10. The number of nitrogens with two attached hydrogens (primary N) is 1. The number of carbonyl (C=O) groups excluding carboxylic acids is 2. The van der Waals surface area contributed by atoms with Crippen LogP contribution in [0.25, 0.3) is 0 Å². The zero-order valence-corrected chi connectivity index (χ0v) is 10.5. The van der Waals surface area contributed by atoms with Crippen molar-refractivity contribution in [2.45, 2.75) is 19.9 Å². The summed E-state index contributed by atoms with van der Waals surface area (Å²) in [6.07, 6.45) is 0. The van der Waals surface area contributed by atoms with Crippen molar-refractivity contribution in [3.63, 3.8) is 0 Å². The van der Waals surface area contributed by atoms with Gasteiger partial charge in [-0.25, -0.2) is 4.79 Å². The van der Waals surface area contributed by atoms with Gasteiger partial charge in [0.05, 0.1) is 6.54 Å². The van der Waals surface area contributed by atoms with Crippen LogP contribution in [0.1, 0.15) is 13.8 Å². The Balaban J connectivity index is 2.34. The van der Waals surface area contributed by atoms with Gasteiger partial charge in [0.15, 0.2) is 0 Å². The van der Waals surface area contributed by atoms with Crippen LogP contribution in [0.15, 0.2) is 24.3 Å². The van der Waals surface area contributed by atoms with E-state index in [0.717, 1.165) is 0 Å². The zero-order valence-electron chi connectivity index (χ0n) is 10.5. The quantitative estimate of drug-likeness (QED) is 0.598. The second-order valence-electron chi connectivity index (χ2n) is 4.15. The van der Waals surface area contributed by atoms with Crippen molar-refractivity contribution in [1.29, 1.82) is 0 Å². The summed E-state index contributed by atoms with van der Waals surface area (Å²) >= 11 is 0. The highest BCUT2D eigenvalue weighted by Gasteiger charge is 2.06. The molecule has 6 nitrogen and oxygen atoms in total. The highest BCUT2D eigenvalue weighted by molar-refractivity contribution is 5.92. The van der Waals surface area contributed by atoms with Crippen molar-refractivity contribution >= 4 is 23.3 Å². The molecule has 98 valence electrons. The molecule has 0 radical (unpaired) electrons. The van der Waals surface area contributed by atoms with Gasteiger partial charge in [0.25, 0.3) is 0 Å². The van der Waals surface area contributed by atoms with E-state index in [1.165, 1.54) is 0 Å². The Morgan fingerprint density at radius 3 is 2.39 bits per heavy atom. The molecule has 0 aliphatic carbocycles. The van der Waals surface area contributed by atoms with Crippen LogP contribution in [0, 0.1) is 0 Å². The third-order valence-electron chi connectivity index (χ3n) is 2.03. The molecular weight excluding hydrogens is 232 g/mol. The SMILES string of the molecule is CC(C)NC(=O)CNC(=O)Nc1ccc(N)cc1. The van der Waals surface area contributed by atoms with Gasteiger partial charge in [-0.15, -0.1) is 0 Å². The maximum atomic E-state index is 11.5. The largest absolute Gasteiger partial charge is 0.399 e. The van der Waals surface area contributed by atoms with Gasteiger partial charge in [-0.05, 0) is 38.1 Å². The highest BCUT2D eigenvalue weighted by atomic mass is 16.2. The molecular formula is C12H18N4O2. The number of amides is 3. The van der Waals surface area contributed by atoms with Gasteiger partial charge in [0.1, 0.15) is 0 Å². The van der Waals surface area contributed by atoms with E-state index in [2.05, 4.69) is 16.0 Å². The third-order valence-corrected chi connectivity index (χ3v) is 2.03. The van der Waals surface area contributed by atoms with Crippen molar-refractivity contribution in [2.24, 2.45) is 0 Å². The predicted molar refractivity (Wildman–Crippen MR) is 71.2 cm³/mol. The summed E-state index contributed by atoms with van der Waals surface area (Å²) in [6, 6.07) is 6.35. The van der Waals surface area contributed by atoms with Crippen LogP contribution in [0.4, 0.5) is 16.2 Å². The van der Waals surface area contributed by atoms with Gasteiger partial charge in [-0.3, -0.25) is 4.79 Å². The average molecular weight is 250 g/mol. The topological polar surface area (TPSA) is 96.2 Å². The molecule has 0 heterocycles. The van der Waals surface area contributed by atoms with Gasteiger partial charge < -0.3 is 21.7 Å². The molecule has 18 heavy (non-hydrogen) atoms. The van der Waals surface area contributed by atoms with E-state index in [9.17, 15) is 9.59 Å². The van der Waals surface area contributed by atoms with Gasteiger partial charge in [-0.2, -0.15) is 0 Å². The minimum Gasteiger partial charge on any atom is -0.399 e. The molecule has 5 N–H and O–H groups in total. The second kappa shape index (κ2) is 6.48. The van der Waals surface area contributed by atoms with Crippen LogP contribution < -0.4 is 21.7 Å². The first-order chi connectivity index (χ1) is 8.47. The van der Waals surface area contributed by atoms with E-state index in [4.69, 9.17) is 5.73 Å². The molecule has 0 fully saturated rings. The number of rotatable bonds is 4. The van der Waals surface area contributed by atoms with Gasteiger partial charge in [-0.1, -0.05) is 0 Å². The monoisotopic (exact) mass is 250 g/mol. The summed E-state index contributed by atoms with van der Waals surface area (Å²) in [4.78, 5) is 22.7. The summed E-state index contributed by atoms with van der Waals surface area (Å²) in [5.74, 6) is -0.225. The third kappa shape index (κ3) is 5.20. The summed E-state index contributed by atoms with van der Waals surface area (Å²) in [6.45, 7) is 3.65. The number of urea groups is 1. The minimum atomic E-state index is -0.432. The molecule has 1 rings (SSSR count). The molecule has 0 saturated carbocycles. The second-order valence-corrected chi connectivity index (χ2v) is 4.15. The summed E-state index contributed by atoms with van der Waals surface area (Å²) < 4.78 is 0. The standard InChI is InChI=1S/C12H18N4O2/c1-8(2)15-11(17)7-14-12(18)16-10-5-3-9(13)4-6-10/h3-6,8H,7,13H2,1-2H3,(H,15,17)(H2,14,16,18). The highest BCUT2D eigenvalue weighted by Crippen LogP contribution is 2.09. The van der Waals surface area contributed by atoms with Crippen molar-refractivity contribution in [3.8, 4) is 0 Å². The van der Waals surface area contributed by atoms with E-state index in [1.807, 2.05) is 13.8 Å². The number of hydrogen-bond donors (Lipinski definition) is 4. The van der Waals surface area contributed by atoms with Crippen LogP contribution in [-0.4, -0.2) is 24.5 Å². The lowest BCUT2D eigenvalue weighted by molar-refractivity contribution is -0.120. The maximum Gasteiger partial charge on any atom is 0.319 e. The van der Waals surface area contributed by atoms with E-state index in [0.29, 0.717) is 11.4 Å². The van der Waals surface area contributed by atoms with Gasteiger partial charge in [0.2, 0.25) is 5.91 Å². The van der Waals surface area contributed by atoms with Crippen LogP contribution >= 0.6 is 0 Å². The fourth-order valence-electron chi connectivity index (χ4n) is 1.28. The van der Waals surface area contributed by atoms with Crippen LogP contribution in [0.2, 0.25) is 0 Å². The van der Waals surface area contributed by atoms with E-state index < -0.39 is 6.03 Å². The Labute approximate surface area is 106 Å². The van der Waals surface area contributed by atoms with Crippen LogP contribution in [-0.2, 0) is 4.79 Å². The van der Waals surface area contributed by atoms with E-state index in [-0.39, 0.29) is 18.5 Å². The van der Waals surface area contributed by atoms with Crippen molar-refractivity contribution in [1.82, 2.24) is 10.6 Å². The first-order valence-corrected chi connectivity index (χ1v) is 5.67. The fraction of sp³-hybridized carbons (Fsp3) is 0.333. The number of carbonyl (C=O) groups is 2. The van der Waals surface area contributed by atoms with Crippen molar-refractivity contribution in [2.75, 3.05) is 17.6 Å². The average Bonchev–Trinajstić information content (AvgIpc) is 2.29. The molecule has 0 saturated heterocycles. The van der Waals surface area contributed by atoms with Crippen molar-refractivity contribution in [3.05, 3.63) is 24.3 Å². The Morgan fingerprint density at radius 2 is 1.83 bits per heavy atom. The molecule has 1 aromatic rings. The lowest BCUT2D eigenvalue weighted by Crippen LogP contribution is -2.41. The molecule has 0 atom stereocenters. The molecule has 0 bridgehead atoms. The molecule has 0 aliphatic rings. The number of hydrogen-bond acceptors (Lipinski definition) is 3. The molecule has 0 unspecified atom stereocenters. The van der Waals surface area contributed by atoms with Crippen LogP contribution in [0.5, 0.6) is 0 Å². The molecule has 0 spiro atoms. The normalized spacial score (nSPS) is 9.94. The zero-order chi connectivity index (χ0) is 13.5. The fourth-order valence-corrected chi connectivity index (χ4v) is 1.28. The Hall–Kier alpha value is -2.24. The molecule has 6 heteroatoms.